The number of hydrogen-bond donors (Lipinski definition) is 4. The van der Waals surface area contributed by atoms with Crippen molar-refractivity contribution >= 4 is 17.4 Å². The second-order valence-corrected chi connectivity index (χ2v) is 7.63. The van der Waals surface area contributed by atoms with Gasteiger partial charge in [0.2, 0.25) is 0 Å². The second-order valence-electron chi connectivity index (χ2n) is 7.63. The van der Waals surface area contributed by atoms with Crippen molar-refractivity contribution in [2.24, 2.45) is 5.41 Å². The Bertz CT molecular complexity index is 568. The molecule has 7 nitrogen and oxygen atoms in total. The van der Waals surface area contributed by atoms with Crippen LogP contribution in [0.25, 0.3) is 0 Å². The highest BCUT2D eigenvalue weighted by Gasteiger charge is 2.25. The monoisotopic (exact) mass is 364 g/mol. The highest BCUT2D eigenvalue weighted by atomic mass is 16.5. The molecule has 1 aliphatic rings. The minimum Gasteiger partial charge on any atom is -0.394 e. The molecule has 1 aromatic carbocycles. The highest BCUT2D eigenvalue weighted by molar-refractivity contribution is 5.93. The molecule has 2 rings (SSSR count). The number of morpholine rings is 1. The zero-order valence-corrected chi connectivity index (χ0v) is 16.0. The third-order valence-corrected chi connectivity index (χ3v) is 4.56. The van der Waals surface area contributed by atoms with Crippen molar-refractivity contribution in [1.82, 2.24) is 10.2 Å². The molecule has 1 aromatic rings. The van der Waals surface area contributed by atoms with Gasteiger partial charge in [-0.05, 0) is 17.5 Å². The lowest BCUT2D eigenvalue weighted by Crippen LogP contribution is -2.47. The first-order valence-electron chi connectivity index (χ1n) is 9.21. The number of aliphatic hydroxyl groups is 1. The maximum Gasteiger partial charge on any atom is 0.319 e. The van der Waals surface area contributed by atoms with Crippen molar-refractivity contribution in [1.29, 1.82) is 0 Å². The Morgan fingerprint density at radius 1 is 1.23 bits per heavy atom. The first-order chi connectivity index (χ1) is 12.4. The molecule has 7 heteroatoms. The first kappa shape index (κ1) is 20.5. The number of ether oxygens (including phenoxy) is 1. The second kappa shape index (κ2) is 9.75. The Balaban J connectivity index is 1.88. The number of hydrogen-bond acceptors (Lipinski definition) is 5. The smallest absolute Gasteiger partial charge is 0.319 e. The van der Waals surface area contributed by atoms with Crippen LogP contribution in [-0.4, -0.2) is 68.1 Å². The van der Waals surface area contributed by atoms with Crippen molar-refractivity contribution in [3.63, 3.8) is 0 Å². The van der Waals surface area contributed by atoms with E-state index >= 15 is 0 Å². The Kier molecular flexibility index (Phi) is 7.68. The molecule has 26 heavy (non-hydrogen) atoms. The van der Waals surface area contributed by atoms with E-state index in [1.54, 1.807) is 0 Å². The normalized spacial score (nSPS) is 16.8. The van der Waals surface area contributed by atoms with Gasteiger partial charge in [-0.1, -0.05) is 32.9 Å². The molecule has 4 N–H and O–H groups in total. The highest BCUT2D eigenvalue weighted by Crippen LogP contribution is 2.22. The number of carbonyl (C=O) groups is 1. The van der Waals surface area contributed by atoms with Crippen LogP contribution < -0.4 is 16.0 Å². The minimum atomic E-state index is -0.318. The first-order valence-corrected chi connectivity index (χ1v) is 9.21. The van der Waals surface area contributed by atoms with Crippen LogP contribution in [0.5, 0.6) is 0 Å². The zero-order valence-electron chi connectivity index (χ0n) is 16.0. The summed E-state index contributed by atoms with van der Waals surface area (Å²) in [6, 6.07) is 7.00. The van der Waals surface area contributed by atoms with E-state index < -0.39 is 0 Å². The van der Waals surface area contributed by atoms with Gasteiger partial charge in [0, 0.05) is 26.2 Å². The van der Waals surface area contributed by atoms with Crippen LogP contribution in [0.4, 0.5) is 16.2 Å². The van der Waals surface area contributed by atoms with E-state index in [4.69, 9.17) is 4.74 Å². The number of anilines is 2. The Morgan fingerprint density at radius 2 is 1.88 bits per heavy atom. The van der Waals surface area contributed by atoms with Gasteiger partial charge in [0.25, 0.3) is 0 Å². The van der Waals surface area contributed by atoms with Gasteiger partial charge in [0.15, 0.2) is 0 Å². The van der Waals surface area contributed by atoms with E-state index in [-0.39, 0.29) is 24.1 Å². The summed E-state index contributed by atoms with van der Waals surface area (Å²) in [4.78, 5) is 14.7. The van der Waals surface area contributed by atoms with Crippen LogP contribution in [0, 0.1) is 5.41 Å². The predicted molar refractivity (Wildman–Crippen MR) is 105 cm³/mol. The average molecular weight is 364 g/mol. The molecule has 1 fully saturated rings. The van der Waals surface area contributed by atoms with Crippen LogP contribution in [0.2, 0.25) is 0 Å². The number of amides is 2. The fraction of sp³-hybridized carbons (Fsp3) is 0.632. The van der Waals surface area contributed by atoms with Crippen LogP contribution in [0.15, 0.2) is 24.3 Å². The van der Waals surface area contributed by atoms with Gasteiger partial charge in [-0.25, -0.2) is 4.79 Å². The summed E-state index contributed by atoms with van der Waals surface area (Å²) in [7, 11) is 0. The van der Waals surface area contributed by atoms with E-state index in [2.05, 4.69) is 20.9 Å². The molecular weight excluding hydrogens is 332 g/mol. The Labute approximate surface area is 156 Å². The number of para-hydroxylation sites is 2. The van der Waals surface area contributed by atoms with Crippen LogP contribution in [0.1, 0.15) is 20.8 Å². The molecule has 0 bridgehead atoms. The molecule has 1 saturated heterocycles. The largest absolute Gasteiger partial charge is 0.394 e. The van der Waals surface area contributed by atoms with E-state index in [0.717, 1.165) is 50.8 Å². The van der Waals surface area contributed by atoms with Crippen LogP contribution in [-0.2, 0) is 4.74 Å². The summed E-state index contributed by atoms with van der Waals surface area (Å²) in [5.74, 6) is 0. The van der Waals surface area contributed by atoms with Gasteiger partial charge in [-0.15, -0.1) is 0 Å². The van der Waals surface area contributed by atoms with Crippen molar-refractivity contribution in [2.45, 2.75) is 26.8 Å². The number of urea groups is 1. The summed E-state index contributed by atoms with van der Waals surface area (Å²) >= 11 is 0. The maximum absolute atomic E-state index is 12.3. The Morgan fingerprint density at radius 3 is 2.50 bits per heavy atom. The van der Waals surface area contributed by atoms with Gasteiger partial charge in [-0.3, -0.25) is 4.90 Å². The van der Waals surface area contributed by atoms with Gasteiger partial charge in [0.05, 0.1) is 37.2 Å². The number of benzene rings is 1. The van der Waals surface area contributed by atoms with E-state index in [9.17, 15) is 9.90 Å². The topological polar surface area (TPSA) is 85.9 Å². The summed E-state index contributed by atoms with van der Waals surface area (Å²) in [5.41, 5.74) is 1.38. The van der Waals surface area contributed by atoms with Crippen molar-refractivity contribution in [2.75, 3.05) is 56.6 Å². The van der Waals surface area contributed by atoms with Gasteiger partial charge in [-0.2, -0.15) is 0 Å². The average Bonchev–Trinajstić information content (AvgIpc) is 2.61. The molecule has 146 valence electrons. The molecule has 1 atom stereocenters. The standard InChI is InChI=1S/C19H32N4O3/c1-19(2,3)17(14-24)22-18(25)21-16-7-5-4-6-15(16)20-8-9-23-10-12-26-13-11-23/h4-7,17,20,24H,8-14H2,1-3H3,(H2,21,22,25). The summed E-state index contributed by atoms with van der Waals surface area (Å²) in [6.45, 7) is 11.1. The molecule has 0 aromatic heterocycles. The third-order valence-electron chi connectivity index (χ3n) is 4.56. The number of aliphatic hydroxyl groups excluding tert-OH is 1. The Hall–Kier alpha value is -1.83. The molecule has 2 amide bonds. The van der Waals surface area contributed by atoms with E-state index in [1.165, 1.54) is 0 Å². The molecule has 1 aliphatic heterocycles. The number of carbonyl (C=O) groups excluding carboxylic acids is 1. The summed E-state index contributed by atoms with van der Waals surface area (Å²) in [5, 5.41) is 18.6. The van der Waals surface area contributed by atoms with Gasteiger partial charge >= 0.3 is 6.03 Å². The molecule has 1 unspecified atom stereocenters. The summed E-state index contributed by atoms with van der Waals surface area (Å²) in [6.07, 6.45) is 0. The molecule has 0 aliphatic carbocycles. The lowest BCUT2D eigenvalue weighted by atomic mass is 9.87. The molecule has 0 radical (unpaired) electrons. The van der Waals surface area contributed by atoms with Crippen molar-refractivity contribution < 1.29 is 14.6 Å². The van der Waals surface area contributed by atoms with Crippen molar-refractivity contribution in [3.8, 4) is 0 Å². The van der Waals surface area contributed by atoms with Crippen LogP contribution in [0.3, 0.4) is 0 Å². The molecule has 1 heterocycles. The quantitative estimate of drug-likeness (QED) is 0.594. The number of nitrogens with one attached hydrogen (secondary N) is 3. The molecule has 0 saturated carbocycles. The van der Waals surface area contributed by atoms with E-state index in [0.29, 0.717) is 0 Å². The zero-order chi connectivity index (χ0) is 19.0. The van der Waals surface area contributed by atoms with E-state index in [1.807, 2.05) is 45.0 Å². The lowest BCUT2D eigenvalue weighted by molar-refractivity contribution is 0.0398. The minimum absolute atomic E-state index is 0.101. The molecule has 0 spiro atoms. The predicted octanol–water partition coefficient (Wildman–Crippen LogP) is 1.96. The fourth-order valence-corrected chi connectivity index (χ4v) is 2.77. The molecular formula is C19H32N4O3. The third kappa shape index (κ3) is 6.48. The van der Waals surface area contributed by atoms with Gasteiger partial charge < -0.3 is 25.8 Å². The number of nitrogens with zero attached hydrogens (tertiary/aromatic N) is 1. The number of rotatable bonds is 7. The van der Waals surface area contributed by atoms with Crippen LogP contribution >= 0.6 is 0 Å². The van der Waals surface area contributed by atoms with Crippen molar-refractivity contribution in [3.05, 3.63) is 24.3 Å². The fourth-order valence-electron chi connectivity index (χ4n) is 2.77. The maximum atomic E-state index is 12.3. The lowest BCUT2D eigenvalue weighted by Gasteiger charge is -2.30. The summed E-state index contributed by atoms with van der Waals surface area (Å²) < 4.78 is 5.36. The SMILES string of the molecule is CC(C)(C)C(CO)NC(=O)Nc1ccccc1NCCN1CCOCC1. The van der Waals surface area contributed by atoms with Gasteiger partial charge in [0.1, 0.15) is 0 Å².